The van der Waals surface area contributed by atoms with E-state index in [0.29, 0.717) is 32.8 Å². The highest BCUT2D eigenvalue weighted by Gasteiger charge is 2.30. The average Bonchev–Trinajstić information content (AvgIpc) is 3.03. The van der Waals surface area contributed by atoms with Crippen molar-refractivity contribution >= 4 is 11.7 Å². The number of nitrogens with zero attached hydrogens (tertiary/aromatic N) is 4. The number of morpholine rings is 1. The Morgan fingerprint density at radius 2 is 2.13 bits per heavy atom. The molecule has 1 aromatic heterocycles. The van der Waals surface area contributed by atoms with Crippen LogP contribution < -0.4 is 5.32 Å². The molecule has 0 radical (unpaired) electrons. The number of carbonyl (C=O) groups is 1. The molecule has 1 aromatic rings. The molecular formula is C16H25N5O2. The molecule has 1 N–H and O–H groups in total. The predicted octanol–water partition coefficient (Wildman–Crippen LogP) is 0.822. The second-order valence-corrected chi connectivity index (χ2v) is 6.10. The van der Waals surface area contributed by atoms with Crippen molar-refractivity contribution in [2.75, 3.05) is 51.8 Å². The maximum absolute atomic E-state index is 12.5. The Morgan fingerprint density at radius 3 is 2.87 bits per heavy atom. The molecule has 3 heterocycles. The summed E-state index contributed by atoms with van der Waals surface area (Å²) in [5.41, 5.74) is 1.01. The molecule has 1 atom stereocenters. The number of nitrogens with one attached hydrogen (secondary N) is 1. The molecule has 0 saturated carbocycles. The van der Waals surface area contributed by atoms with Crippen LogP contribution in [0.1, 0.15) is 30.4 Å². The van der Waals surface area contributed by atoms with Crippen LogP contribution in [-0.2, 0) is 9.53 Å². The number of anilines is 1. The van der Waals surface area contributed by atoms with E-state index < -0.39 is 0 Å². The average molecular weight is 319 g/mol. The molecule has 126 valence electrons. The summed E-state index contributed by atoms with van der Waals surface area (Å²) in [5.74, 6) is 1.79. The summed E-state index contributed by atoms with van der Waals surface area (Å²) < 4.78 is 5.32. The second kappa shape index (κ2) is 7.23. The third-order valence-electron chi connectivity index (χ3n) is 4.52. The summed E-state index contributed by atoms with van der Waals surface area (Å²) in [6.45, 7) is 6.00. The molecular weight excluding hydrogens is 294 g/mol. The molecule has 1 amide bonds. The molecule has 2 fully saturated rings. The van der Waals surface area contributed by atoms with Crippen molar-refractivity contribution in [1.29, 1.82) is 0 Å². The molecule has 2 aliphatic heterocycles. The van der Waals surface area contributed by atoms with Crippen LogP contribution in [0.15, 0.2) is 6.07 Å². The molecule has 2 saturated heterocycles. The van der Waals surface area contributed by atoms with E-state index in [0.717, 1.165) is 36.7 Å². The molecule has 0 aromatic carbocycles. The van der Waals surface area contributed by atoms with Gasteiger partial charge in [0.25, 0.3) is 0 Å². The van der Waals surface area contributed by atoms with Gasteiger partial charge in [-0.25, -0.2) is 9.97 Å². The summed E-state index contributed by atoms with van der Waals surface area (Å²) >= 11 is 0. The van der Waals surface area contributed by atoms with Gasteiger partial charge in [-0.2, -0.15) is 0 Å². The summed E-state index contributed by atoms with van der Waals surface area (Å²) in [4.78, 5) is 25.6. The Morgan fingerprint density at radius 1 is 1.35 bits per heavy atom. The van der Waals surface area contributed by atoms with Crippen molar-refractivity contribution in [1.82, 2.24) is 19.8 Å². The van der Waals surface area contributed by atoms with E-state index in [1.54, 1.807) is 0 Å². The number of rotatable bonds is 4. The largest absolute Gasteiger partial charge is 0.378 e. The minimum absolute atomic E-state index is 0.194. The minimum Gasteiger partial charge on any atom is -0.378 e. The zero-order valence-corrected chi connectivity index (χ0v) is 13.9. The first-order chi connectivity index (χ1) is 11.2. The fourth-order valence-corrected chi connectivity index (χ4v) is 3.33. The second-order valence-electron chi connectivity index (χ2n) is 6.10. The summed E-state index contributed by atoms with van der Waals surface area (Å²) in [6, 6.07) is 2.20. The first-order valence-corrected chi connectivity index (χ1v) is 8.30. The number of likely N-dealkylation sites (tertiary alicyclic amines) is 1. The van der Waals surface area contributed by atoms with E-state index in [-0.39, 0.29) is 11.9 Å². The molecule has 0 spiro atoms. The van der Waals surface area contributed by atoms with Crippen molar-refractivity contribution in [2.45, 2.75) is 25.8 Å². The van der Waals surface area contributed by atoms with Crippen LogP contribution >= 0.6 is 0 Å². The highest BCUT2D eigenvalue weighted by Crippen LogP contribution is 2.31. The molecule has 23 heavy (non-hydrogen) atoms. The summed E-state index contributed by atoms with van der Waals surface area (Å²) in [7, 11) is 1.86. The van der Waals surface area contributed by atoms with Gasteiger partial charge in [0.15, 0.2) is 0 Å². The van der Waals surface area contributed by atoms with Crippen molar-refractivity contribution in [2.24, 2.45) is 0 Å². The van der Waals surface area contributed by atoms with Crippen molar-refractivity contribution in [3.63, 3.8) is 0 Å². The standard InChI is InChI=1S/C16H25N5O2/c1-12-18-13(10-15(17-2)19-12)14-4-3-5-21(14)11-16(22)20-6-8-23-9-7-20/h10,14H,3-9,11H2,1-2H3,(H,17,18,19). The van der Waals surface area contributed by atoms with Crippen LogP contribution in [0.4, 0.5) is 5.82 Å². The number of hydrogen-bond acceptors (Lipinski definition) is 6. The van der Waals surface area contributed by atoms with Crippen LogP contribution in [0.2, 0.25) is 0 Å². The normalized spacial score (nSPS) is 22.3. The molecule has 2 aliphatic rings. The van der Waals surface area contributed by atoms with Gasteiger partial charge in [-0.05, 0) is 26.3 Å². The zero-order valence-electron chi connectivity index (χ0n) is 13.9. The van der Waals surface area contributed by atoms with E-state index in [9.17, 15) is 4.79 Å². The smallest absolute Gasteiger partial charge is 0.236 e. The van der Waals surface area contributed by atoms with Gasteiger partial charge in [0.1, 0.15) is 11.6 Å². The molecule has 0 aliphatic carbocycles. The maximum atomic E-state index is 12.5. The quantitative estimate of drug-likeness (QED) is 0.886. The molecule has 1 unspecified atom stereocenters. The van der Waals surface area contributed by atoms with Gasteiger partial charge in [-0.3, -0.25) is 9.69 Å². The first-order valence-electron chi connectivity index (χ1n) is 8.30. The fourth-order valence-electron chi connectivity index (χ4n) is 3.33. The molecule has 0 bridgehead atoms. The Kier molecular flexibility index (Phi) is 5.07. The van der Waals surface area contributed by atoms with E-state index in [2.05, 4.69) is 20.2 Å². The number of amides is 1. The Hall–Kier alpha value is -1.73. The van der Waals surface area contributed by atoms with Crippen LogP contribution in [0.5, 0.6) is 0 Å². The topological polar surface area (TPSA) is 70.6 Å². The lowest BCUT2D eigenvalue weighted by Crippen LogP contribution is -2.45. The third kappa shape index (κ3) is 3.79. The van der Waals surface area contributed by atoms with E-state index in [1.807, 2.05) is 24.9 Å². The lowest BCUT2D eigenvalue weighted by molar-refractivity contribution is -0.136. The summed E-state index contributed by atoms with van der Waals surface area (Å²) in [5, 5.41) is 3.08. The van der Waals surface area contributed by atoms with Crippen LogP contribution in [0.3, 0.4) is 0 Å². The lowest BCUT2D eigenvalue weighted by Gasteiger charge is -2.30. The van der Waals surface area contributed by atoms with Crippen molar-refractivity contribution < 1.29 is 9.53 Å². The number of carbonyl (C=O) groups excluding carboxylic acids is 1. The highest BCUT2D eigenvalue weighted by atomic mass is 16.5. The third-order valence-corrected chi connectivity index (χ3v) is 4.52. The zero-order chi connectivity index (χ0) is 16.2. The van der Waals surface area contributed by atoms with Gasteiger partial charge in [0, 0.05) is 26.2 Å². The first kappa shape index (κ1) is 16.1. The van der Waals surface area contributed by atoms with Crippen LogP contribution in [0, 0.1) is 6.92 Å². The maximum Gasteiger partial charge on any atom is 0.236 e. The highest BCUT2D eigenvalue weighted by molar-refractivity contribution is 5.78. The van der Waals surface area contributed by atoms with Gasteiger partial charge in [-0.15, -0.1) is 0 Å². The van der Waals surface area contributed by atoms with E-state index >= 15 is 0 Å². The Balaban J connectivity index is 1.70. The van der Waals surface area contributed by atoms with Crippen molar-refractivity contribution in [3.05, 3.63) is 17.6 Å². The monoisotopic (exact) mass is 319 g/mol. The fraction of sp³-hybridized carbons (Fsp3) is 0.688. The lowest BCUT2D eigenvalue weighted by atomic mass is 10.1. The van der Waals surface area contributed by atoms with Gasteiger partial charge >= 0.3 is 0 Å². The van der Waals surface area contributed by atoms with E-state index in [1.165, 1.54) is 0 Å². The molecule has 7 nitrogen and oxygen atoms in total. The Labute approximate surface area is 137 Å². The van der Waals surface area contributed by atoms with Gasteiger partial charge in [0.2, 0.25) is 5.91 Å². The summed E-state index contributed by atoms with van der Waals surface area (Å²) in [6.07, 6.45) is 2.13. The van der Waals surface area contributed by atoms with Crippen LogP contribution in [-0.4, -0.2) is 72.1 Å². The van der Waals surface area contributed by atoms with Gasteiger partial charge in [0.05, 0.1) is 31.5 Å². The minimum atomic E-state index is 0.194. The Bertz CT molecular complexity index is 559. The SMILES string of the molecule is CNc1cc(C2CCCN2CC(=O)N2CCOCC2)nc(C)n1. The van der Waals surface area contributed by atoms with E-state index in [4.69, 9.17) is 4.74 Å². The number of ether oxygens (including phenoxy) is 1. The van der Waals surface area contributed by atoms with Gasteiger partial charge in [-0.1, -0.05) is 0 Å². The molecule has 3 rings (SSSR count). The number of aromatic nitrogens is 2. The number of hydrogen-bond donors (Lipinski definition) is 1. The van der Waals surface area contributed by atoms with Gasteiger partial charge < -0.3 is 15.0 Å². The van der Waals surface area contributed by atoms with Crippen LogP contribution in [0.25, 0.3) is 0 Å². The van der Waals surface area contributed by atoms with Crippen molar-refractivity contribution in [3.8, 4) is 0 Å². The predicted molar refractivity (Wildman–Crippen MR) is 87.3 cm³/mol. The molecule has 7 heteroatoms. The number of aryl methyl sites for hydroxylation is 1.